The summed E-state index contributed by atoms with van der Waals surface area (Å²) in [5.74, 6) is -0.580. The summed E-state index contributed by atoms with van der Waals surface area (Å²) in [7, 11) is -1.86. The highest BCUT2D eigenvalue weighted by molar-refractivity contribution is 6.77. The minimum Gasteiger partial charge on any atom is -0.363 e. The van der Waals surface area contributed by atoms with Crippen molar-refractivity contribution in [3.8, 4) is 0 Å². The van der Waals surface area contributed by atoms with E-state index < -0.39 is 20.3 Å². The molecule has 4 nitrogen and oxygen atoms in total. The lowest BCUT2D eigenvalue weighted by Gasteiger charge is -2.56. The van der Waals surface area contributed by atoms with Gasteiger partial charge < -0.3 is 14.0 Å². The minimum atomic E-state index is -1.86. The molecule has 3 unspecified atom stereocenters. The predicted octanol–water partition coefficient (Wildman–Crippen LogP) is 2.94. The fraction of sp³-hybridized carbons (Fsp3) is 0.933. The van der Waals surface area contributed by atoms with E-state index in [1.54, 1.807) is 0 Å². The zero-order chi connectivity index (χ0) is 15.8. The van der Waals surface area contributed by atoms with E-state index >= 15 is 0 Å². The Morgan fingerprint density at radius 3 is 2.62 bits per heavy atom. The van der Waals surface area contributed by atoms with Gasteiger partial charge >= 0.3 is 0 Å². The summed E-state index contributed by atoms with van der Waals surface area (Å²) >= 11 is 0. The number of hydrogen-bond donors (Lipinski definition) is 0. The molecular weight excluding hydrogens is 289 g/mol. The first-order valence-corrected chi connectivity index (χ1v) is 11.2. The molecule has 0 radical (unpaired) electrons. The average Bonchev–Trinajstić information content (AvgIpc) is 2.78. The zero-order valence-corrected chi connectivity index (χ0v) is 14.8. The van der Waals surface area contributed by atoms with Gasteiger partial charge in [-0.05, 0) is 19.9 Å². The molecule has 2 fully saturated rings. The van der Waals surface area contributed by atoms with Crippen LogP contribution in [-0.4, -0.2) is 49.9 Å². The number of amides is 1. The normalized spacial score (nSPS) is 35.0. The highest BCUT2D eigenvalue weighted by Gasteiger charge is 2.59. The summed E-state index contributed by atoms with van der Waals surface area (Å²) in [6.45, 7) is 10.3. The third kappa shape index (κ3) is 3.17. The summed E-state index contributed by atoms with van der Waals surface area (Å²) in [5.41, 5.74) is 0. The lowest BCUT2D eigenvalue weighted by molar-refractivity contribution is -0.161. The molecule has 0 bridgehead atoms. The Labute approximate surface area is 128 Å². The van der Waals surface area contributed by atoms with E-state index in [4.69, 9.17) is 9.47 Å². The topological polar surface area (TPSA) is 38.8 Å². The van der Waals surface area contributed by atoms with Crippen molar-refractivity contribution in [2.45, 2.75) is 77.4 Å². The third-order valence-corrected chi connectivity index (χ3v) is 8.12. The molecule has 0 aliphatic carbocycles. The van der Waals surface area contributed by atoms with Crippen molar-refractivity contribution >= 4 is 14.1 Å². The van der Waals surface area contributed by atoms with Gasteiger partial charge in [0.1, 0.15) is 12.3 Å². The Morgan fingerprint density at radius 1 is 1.48 bits per heavy atom. The van der Waals surface area contributed by atoms with Gasteiger partial charge in [0.15, 0.2) is 14.5 Å². The van der Waals surface area contributed by atoms with Gasteiger partial charge in [-0.1, -0.05) is 32.9 Å². The van der Waals surface area contributed by atoms with Crippen LogP contribution in [0.1, 0.15) is 33.6 Å². The molecular formula is C15H28FNO3Si. The molecule has 2 aliphatic rings. The molecule has 2 aliphatic heterocycles. The van der Waals surface area contributed by atoms with Crippen molar-refractivity contribution in [2.75, 3.05) is 6.61 Å². The fourth-order valence-electron chi connectivity index (χ4n) is 3.56. The van der Waals surface area contributed by atoms with Crippen LogP contribution < -0.4 is 0 Å². The molecule has 0 aromatic heterocycles. The molecule has 2 saturated heterocycles. The maximum absolute atomic E-state index is 13.9. The van der Waals surface area contributed by atoms with E-state index in [0.717, 1.165) is 18.9 Å². The lowest BCUT2D eigenvalue weighted by atomic mass is 9.83. The Kier molecular flexibility index (Phi) is 5.10. The molecule has 0 saturated carbocycles. The molecule has 21 heavy (non-hydrogen) atoms. The standard InChI is InChI=1S/C15H28FNO3Si/c1-6-7-8-21(4,5)17-14(12-9-19-11(3)20-12)13(10(2)16)15(17)18/h10-14H,6-9H2,1-5H3/t10-,11?,12-,13?,14?/m1/s1. The molecule has 6 heteroatoms. The van der Waals surface area contributed by atoms with Crippen LogP contribution in [0.25, 0.3) is 0 Å². The van der Waals surface area contributed by atoms with Gasteiger partial charge in [0, 0.05) is 0 Å². The van der Waals surface area contributed by atoms with Crippen molar-refractivity contribution in [2.24, 2.45) is 5.92 Å². The zero-order valence-electron chi connectivity index (χ0n) is 13.8. The fourth-order valence-corrected chi connectivity index (χ4v) is 6.90. The third-order valence-electron chi connectivity index (χ3n) is 4.72. The van der Waals surface area contributed by atoms with E-state index in [-0.39, 0.29) is 24.3 Å². The number of nitrogens with zero attached hydrogens (tertiary/aromatic N) is 1. The van der Waals surface area contributed by atoms with Crippen LogP contribution in [-0.2, 0) is 14.3 Å². The highest BCUT2D eigenvalue weighted by Crippen LogP contribution is 2.41. The maximum Gasteiger partial charge on any atom is 0.223 e. The van der Waals surface area contributed by atoms with Gasteiger partial charge in [-0.2, -0.15) is 0 Å². The molecule has 0 aromatic carbocycles. The van der Waals surface area contributed by atoms with Crippen LogP contribution in [0.4, 0.5) is 4.39 Å². The number of ether oxygens (including phenoxy) is 2. The van der Waals surface area contributed by atoms with Gasteiger partial charge in [-0.15, -0.1) is 0 Å². The van der Waals surface area contributed by atoms with Gasteiger partial charge in [-0.3, -0.25) is 4.79 Å². The maximum atomic E-state index is 13.9. The first kappa shape index (κ1) is 16.9. The van der Waals surface area contributed by atoms with Crippen molar-refractivity contribution in [3.63, 3.8) is 0 Å². The van der Waals surface area contributed by atoms with E-state index in [9.17, 15) is 9.18 Å². The Morgan fingerprint density at radius 2 is 2.14 bits per heavy atom. The van der Waals surface area contributed by atoms with E-state index in [1.807, 2.05) is 11.5 Å². The summed E-state index contributed by atoms with van der Waals surface area (Å²) in [5, 5.41) is 0. The molecule has 0 aromatic rings. The number of unbranched alkanes of at least 4 members (excludes halogenated alkanes) is 1. The molecule has 122 valence electrons. The molecule has 0 spiro atoms. The number of carbonyl (C=O) groups excluding carboxylic acids is 1. The number of alkyl halides is 1. The average molecular weight is 317 g/mol. The number of halogens is 1. The van der Waals surface area contributed by atoms with Gasteiger partial charge in [-0.25, -0.2) is 4.39 Å². The molecule has 1 amide bonds. The largest absolute Gasteiger partial charge is 0.363 e. The summed E-state index contributed by atoms with van der Waals surface area (Å²) < 4.78 is 27.1. The monoisotopic (exact) mass is 317 g/mol. The van der Waals surface area contributed by atoms with Gasteiger partial charge in [0.2, 0.25) is 5.91 Å². The molecule has 0 N–H and O–H groups in total. The van der Waals surface area contributed by atoms with Crippen LogP contribution >= 0.6 is 0 Å². The Hall–Kier alpha value is -0.463. The van der Waals surface area contributed by atoms with Crippen LogP contribution in [0.15, 0.2) is 0 Å². The lowest BCUT2D eigenvalue weighted by Crippen LogP contribution is -2.75. The van der Waals surface area contributed by atoms with E-state index in [1.165, 1.54) is 6.92 Å². The summed E-state index contributed by atoms with van der Waals surface area (Å²) in [4.78, 5) is 12.5. The second kappa shape index (κ2) is 6.34. The summed E-state index contributed by atoms with van der Waals surface area (Å²) in [6.07, 6.45) is 0.655. The predicted molar refractivity (Wildman–Crippen MR) is 82.2 cm³/mol. The second-order valence-corrected chi connectivity index (χ2v) is 11.5. The van der Waals surface area contributed by atoms with Gasteiger partial charge in [0.05, 0.1) is 18.6 Å². The van der Waals surface area contributed by atoms with Crippen LogP contribution in [0.2, 0.25) is 19.1 Å². The smallest absolute Gasteiger partial charge is 0.223 e. The Bertz CT molecular complexity index is 391. The van der Waals surface area contributed by atoms with Gasteiger partial charge in [0.25, 0.3) is 0 Å². The van der Waals surface area contributed by atoms with Crippen molar-refractivity contribution < 1.29 is 18.7 Å². The van der Waals surface area contributed by atoms with Crippen molar-refractivity contribution in [3.05, 3.63) is 0 Å². The van der Waals surface area contributed by atoms with E-state index in [2.05, 4.69) is 20.0 Å². The second-order valence-electron chi connectivity index (χ2n) is 6.89. The van der Waals surface area contributed by atoms with Crippen molar-refractivity contribution in [1.82, 2.24) is 4.57 Å². The van der Waals surface area contributed by atoms with E-state index in [0.29, 0.717) is 6.61 Å². The van der Waals surface area contributed by atoms with Crippen LogP contribution in [0.5, 0.6) is 0 Å². The first-order valence-electron chi connectivity index (χ1n) is 8.04. The number of β-lactam (4-membered cyclic amide) rings is 1. The van der Waals surface area contributed by atoms with Crippen molar-refractivity contribution in [1.29, 1.82) is 0 Å². The summed E-state index contributed by atoms with van der Waals surface area (Å²) in [6, 6.07) is 0.906. The molecule has 2 heterocycles. The van der Waals surface area contributed by atoms with Crippen LogP contribution in [0.3, 0.4) is 0 Å². The number of hydrogen-bond acceptors (Lipinski definition) is 3. The first-order chi connectivity index (χ1) is 9.79. The SMILES string of the molecule is CCCC[Si](C)(C)N1C(=O)C([C@@H](C)F)C1[C@H]1COC(C)O1. The number of carbonyl (C=O) groups is 1. The quantitative estimate of drug-likeness (QED) is 0.558. The Balaban J connectivity index is 2.16. The van der Waals surface area contributed by atoms with Crippen LogP contribution in [0, 0.1) is 5.92 Å². The number of rotatable bonds is 6. The minimum absolute atomic E-state index is 0.0223. The molecule has 5 atom stereocenters. The molecule has 2 rings (SSSR count). The highest BCUT2D eigenvalue weighted by atomic mass is 28.3.